The lowest BCUT2D eigenvalue weighted by Gasteiger charge is -2.16. The number of hydrogen-bond donors (Lipinski definition) is 1. The lowest BCUT2D eigenvalue weighted by Crippen LogP contribution is -2.33. The number of carbonyl (C=O) groups excluding carboxylic acids is 1. The predicted molar refractivity (Wildman–Crippen MR) is 102 cm³/mol. The first-order valence-corrected chi connectivity index (χ1v) is 9.13. The van der Waals surface area contributed by atoms with E-state index in [2.05, 4.69) is 6.92 Å². The highest BCUT2D eigenvalue weighted by Gasteiger charge is 2.43. The predicted octanol–water partition coefficient (Wildman–Crippen LogP) is 4.97. The molecule has 0 amide bonds. The molecule has 0 radical (unpaired) electrons. The first-order chi connectivity index (χ1) is 13.2. The number of aromatic nitrogens is 1. The largest absolute Gasteiger partial charge is 0.506 e. The Kier molecular flexibility index (Phi) is 5.19. The van der Waals surface area contributed by atoms with Crippen molar-refractivity contribution in [1.29, 1.82) is 0 Å². The number of alkyl halides is 3. The summed E-state index contributed by atoms with van der Waals surface area (Å²) < 4.78 is 40.2. The molecule has 3 aromatic rings. The van der Waals surface area contributed by atoms with Crippen molar-refractivity contribution in [3.8, 4) is 5.75 Å². The standard InChI is InChI=1S/C21H20F3NO3/c1-3-5-6-12-7-8-13-9-10-15-16(14(13)11-12)18(26)17(19(27)21(22,23)24)20(28)25(15)4-2/h7-11,26H,3-6H2,1-2H3. The van der Waals surface area contributed by atoms with E-state index in [1.807, 2.05) is 12.1 Å². The van der Waals surface area contributed by atoms with Crippen LogP contribution in [0, 0.1) is 0 Å². The molecule has 0 saturated heterocycles. The second-order valence-electron chi connectivity index (χ2n) is 6.72. The van der Waals surface area contributed by atoms with E-state index in [0.717, 1.165) is 29.4 Å². The van der Waals surface area contributed by atoms with Crippen LogP contribution in [0.4, 0.5) is 13.2 Å². The number of ketones is 1. The van der Waals surface area contributed by atoms with E-state index in [9.17, 15) is 27.9 Å². The maximum absolute atomic E-state index is 13.0. The molecule has 0 spiro atoms. The SMILES string of the molecule is CCCCc1ccc2ccc3c(c(O)c(C(=O)C(F)(F)F)c(=O)n3CC)c2c1. The maximum atomic E-state index is 13.0. The second-order valence-corrected chi connectivity index (χ2v) is 6.72. The maximum Gasteiger partial charge on any atom is 0.455 e. The molecular weight excluding hydrogens is 371 g/mol. The van der Waals surface area contributed by atoms with Gasteiger partial charge in [-0.05, 0) is 42.2 Å². The summed E-state index contributed by atoms with van der Waals surface area (Å²) in [5.41, 5.74) is -1.10. The molecule has 1 aromatic heterocycles. The summed E-state index contributed by atoms with van der Waals surface area (Å²) in [5.74, 6) is -3.25. The van der Waals surface area contributed by atoms with E-state index in [0.29, 0.717) is 16.3 Å². The second kappa shape index (κ2) is 7.30. The average Bonchev–Trinajstić information content (AvgIpc) is 2.65. The van der Waals surface area contributed by atoms with Gasteiger partial charge in [0, 0.05) is 11.9 Å². The van der Waals surface area contributed by atoms with Gasteiger partial charge in [0.1, 0.15) is 11.3 Å². The van der Waals surface area contributed by atoms with E-state index in [1.165, 1.54) is 0 Å². The lowest BCUT2D eigenvalue weighted by atomic mass is 9.97. The molecule has 0 bridgehead atoms. The number of unbranched alkanes of at least 4 members (excludes halogenated alkanes) is 1. The molecule has 0 saturated carbocycles. The summed E-state index contributed by atoms with van der Waals surface area (Å²) >= 11 is 0. The summed E-state index contributed by atoms with van der Waals surface area (Å²) in [6, 6.07) is 8.89. The minimum Gasteiger partial charge on any atom is -0.506 e. The van der Waals surface area contributed by atoms with Gasteiger partial charge < -0.3 is 9.67 Å². The van der Waals surface area contributed by atoms with Crippen LogP contribution < -0.4 is 5.56 Å². The third-order valence-electron chi connectivity index (χ3n) is 4.91. The number of Topliss-reactive ketones (excluding diaryl/α,β-unsaturated/α-hetero) is 1. The number of halogens is 3. The van der Waals surface area contributed by atoms with E-state index < -0.39 is 28.8 Å². The molecular formula is C21H20F3NO3. The van der Waals surface area contributed by atoms with Crippen LogP contribution >= 0.6 is 0 Å². The Balaban J connectivity index is 2.45. The molecule has 0 aliphatic carbocycles. The van der Waals surface area contributed by atoms with Gasteiger partial charge in [0.25, 0.3) is 11.3 Å². The van der Waals surface area contributed by atoms with Crippen molar-refractivity contribution in [3.05, 3.63) is 51.8 Å². The first kappa shape index (κ1) is 19.9. The van der Waals surface area contributed by atoms with Gasteiger partial charge in [-0.25, -0.2) is 0 Å². The summed E-state index contributed by atoms with van der Waals surface area (Å²) in [4.78, 5) is 24.4. The van der Waals surface area contributed by atoms with Gasteiger partial charge in [0.2, 0.25) is 0 Å². The number of pyridine rings is 1. The molecule has 1 heterocycles. The van der Waals surface area contributed by atoms with Gasteiger partial charge >= 0.3 is 6.18 Å². The highest BCUT2D eigenvalue weighted by atomic mass is 19.4. The average molecular weight is 391 g/mol. The quantitative estimate of drug-likeness (QED) is 0.494. The fourth-order valence-electron chi connectivity index (χ4n) is 3.50. The molecule has 0 aliphatic rings. The fourth-order valence-corrected chi connectivity index (χ4v) is 3.50. The molecule has 148 valence electrons. The van der Waals surface area contributed by atoms with Gasteiger partial charge in [-0.1, -0.05) is 37.6 Å². The number of aromatic hydroxyl groups is 1. The van der Waals surface area contributed by atoms with Gasteiger partial charge in [0.05, 0.1) is 5.52 Å². The molecule has 1 N–H and O–H groups in total. The Hall–Kier alpha value is -2.83. The van der Waals surface area contributed by atoms with Crippen molar-refractivity contribution in [3.63, 3.8) is 0 Å². The van der Waals surface area contributed by atoms with Crippen molar-refractivity contribution in [2.24, 2.45) is 0 Å². The van der Waals surface area contributed by atoms with Crippen molar-refractivity contribution in [1.82, 2.24) is 4.57 Å². The van der Waals surface area contributed by atoms with Crippen LogP contribution in [0.3, 0.4) is 0 Å². The zero-order valence-corrected chi connectivity index (χ0v) is 15.6. The van der Waals surface area contributed by atoms with Gasteiger partial charge in [0.15, 0.2) is 0 Å². The van der Waals surface area contributed by atoms with Gasteiger partial charge in [-0.2, -0.15) is 13.2 Å². The molecule has 7 heteroatoms. The number of hydrogen-bond acceptors (Lipinski definition) is 3. The van der Waals surface area contributed by atoms with Crippen LogP contribution in [0.2, 0.25) is 0 Å². The van der Waals surface area contributed by atoms with E-state index in [-0.39, 0.29) is 11.9 Å². The number of benzene rings is 2. The van der Waals surface area contributed by atoms with Gasteiger partial charge in [-0.3, -0.25) is 9.59 Å². The first-order valence-electron chi connectivity index (χ1n) is 9.13. The number of carbonyl (C=O) groups is 1. The highest BCUT2D eigenvalue weighted by Crippen LogP contribution is 2.36. The molecule has 0 aliphatic heterocycles. The van der Waals surface area contributed by atoms with Crippen molar-refractivity contribution in [2.45, 2.75) is 45.8 Å². The Morgan fingerprint density at radius 3 is 2.43 bits per heavy atom. The minimum absolute atomic E-state index is 0.0643. The Labute approximate surface area is 159 Å². The number of nitrogens with zero attached hydrogens (tertiary/aromatic N) is 1. The van der Waals surface area contributed by atoms with E-state index in [1.54, 1.807) is 25.1 Å². The summed E-state index contributed by atoms with van der Waals surface area (Å²) in [5, 5.41) is 11.9. The fraction of sp³-hybridized carbons (Fsp3) is 0.333. The normalized spacial score (nSPS) is 12.0. The van der Waals surface area contributed by atoms with E-state index in [4.69, 9.17) is 0 Å². The van der Waals surface area contributed by atoms with Crippen molar-refractivity contribution in [2.75, 3.05) is 0 Å². The molecule has 4 nitrogen and oxygen atoms in total. The molecule has 2 aromatic carbocycles. The zero-order valence-electron chi connectivity index (χ0n) is 15.6. The highest BCUT2D eigenvalue weighted by molar-refractivity contribution is 6.14. The summed E-state index contributed by atoms with van der Waals surface area (Å²) in [7, 11) is 0. The third kappa shape index (κ3) is 3.25. The van der Waals surface area contributed by atoms with Crippen LogP contribution in [0.15, 0.2) is 35.1 Å². The molecule has 0 atom stereocenters. The molecule has 0 fully saturated rings. The van der Waals surface area contributed by atoms with Crippen LogP contribution in [-0.4, -0.2) is 21.6 Å². The number of aryl methyl sites for hydroxylation is 2. The Morgan fingerprint density at radius 2 is 1.82 bits per heavy atom. The molecule has 28 heavy (non-hydrogen) atoms. The topological polar surface area (TPSA) is 59.3 Å². The summed E-state index contributed by atoms with van der Waals surface area (Å²) in [6.07, 6.45) is -2.55. The zero-order chi connectivity index (χ0) is 20.6. The Bertz CT molecular complexity index is 1130. The van der Waals surface area contributed by atoms with Crippen LogP contribution in [0.25, 0.3) is 21.7 Å². The molecule has 3 rings (SSSR count). The monoisotopic (exact) mass is 391 g/mol. The van der Waals surface area contributed by atoms with Crippen LogP contribution in [0.5, 0.6) is 5.75 Å². The number of rotatable bonds is 5. The van der Waals surface area contributed by atoms with Crippen LogP contribution in [-0.2, 0) is 13.0 Å². The minimum atomic E-state index is -5.26. The molecule has 0 unspecified atom stereocenters. The Morgan fingerprint density at radius 1 is 1.14 bits per heavy atom. The van der Waals surface area contributed by atoms with Crippen molar-refractivity contribution < 1.29 is 23.1 Å². The third-order valence-corrected chi connectivity index (χ3v) is 4.91. The number of fused-ring (bicyclic) bond motifs is 3. The van der Waals surface area contributed by atoms with Crippen LogP contribution in [0.1, 0.15) is 42.6 Å². The van der Waals surface area contributed by atoms with E-state index >= 15 is 0 Å². The smallest absolute Gasteiger partial charge is 0.455 e. The summed E-state index contributed by atoms with van der Waals surface area (Å²) in [6.45, 7) is 3.72. The van der Waals surface area contributed by atoms with Gasteiger partial charge in [-0.15, -0.1) is 0 Å². The lowest BCUT2D eigenvalue weighted by molar-refractivity contribution is -0.0887. The van der Waals surface area contributed by atoms with Crippen molar-refractivity contribution >= 4 is 27.5 Å².